The van der Waals surface area contributed by atoms with Crippen LogP contribution in [-0.2, 0) is 14.3 Å². The first-order valence-electron chi connectivity index (χ1n) is 11.8. The number of ether oxygens (including phenoxy) is 1. The number of rotatable bonds is 12. The van der Waals surface area contributed by atoms with E-state index in [2.05, 4.69) is 12.2 Å². The number of likely N-dealkylation sites (tertiary alicyclic amines) is 1. The van der Waals surface area contributed by atoms with E-state index >= 15 is 0 Å². The lowest BCUT2D eigenvalue weighted by Gasteiger charge is -2.34. The van der Waals surface area contributed by atoms with Gasteiger partial charge in [-0.2, -0.15) is 0 Å². The van der Waals surface area contributed by atoms with Crippen LogP contribution in [0.1, 0.15) is 77.4 Å². The minimum atomic E-state index is -0.786. The maximum absolute atomic E-state index is 13.0. The van der Waals surface area contributed by atoms with Crippen molar-refractivity contribution >= 4 is 11.8 Å². The molecule has 1 fully saturated rings. The van der Waals surface area contributed by atoms with E-state index in [0.29, 0.717) is 6.42 Å². The zero-order valence-electron chi connectivity index (χ0n) is 19.5. The average molecular weight is 433 g/mol. The number of aliphatic hydroxyl groups is 1. The number of methoxy groups -OCH3 is 1. The molecule has 0 saturated carbocycles. The van der Waals surface area contributed by atoms with Crippen molar-refractivity contribution in [1.29, 1.82) is 0 Å². The fourth-order valence-corrected chi connectivity index (χ4v) is 4.51. The molecule has 0 aliphatic carbocycles. The predicted octanol–water partition coefficient (Wildman–Crippen LogP) is 3.84. The Bertz CT molecular complexity index is 681. The second kappa shape index (κ2) is 12.8. The van der Waals surface area contributed by atoms with E-state index in [1.807, 2.05) is 42.2 Å². The van der Waals surface area contributed by atoms with Gasteiger partial charge in [-0.15, -0.1) is 0 Å². The first kappa shape index (κ1) is 25.3. The van der Waals surface area contributed by atoms with Gasteiger partial charge in [0.2, 0.25) is 11.8 Å². The summed E-state index contributed by atoms with van der Waals surface area (Å²) < 4.78 is 5.75. The van der Waals surface area contributed by atoms with Crippen molar-refractivity contribution in [3.05, 3.63) is 35.9 Å². The summed E-state index contributed by atoms with van der Waals surface area (Å²) in [6.07, 6.45) is 5.48. The van der Waals surface area contributed by atoms with Crippen LogP contribution in [-0.4, -0.2) is 53.7 Å². The molecule has 31 heavy (non-hydrogen) atoms. The summed E-state index contributed by atoms with van der Waals surface area (Å²) in [5.41, 5.74) is 0.766. The lowest BCUT2D eigenvalue weighted by atomic mass is 9.94. The number of nitrogens with one attached hydrogen (secondary N) is 1. The quantitative estimate of drug-likeness (QED) is 0.492. The number of aliphatic hydroxyl groups excluding tert-OH is 1. The van der Waals surface area contributed by atoms with Crippen LogP contribution in [0.3, 0.4) is 0 Å². The Kier molecular flexibility index (Phi) is 10.5. The smallest absolute Gasteiger partial charge is 0.225 e. The van der Waals surface area contributed by atoms with Gasteiger partial charge in [-0.25, -0.2) is 0 Å². The van der Waals surface area contributed by atoms with Crippen molar-refractivity contribution in [1.82, 2.24) is 10.2 Å². The standard InChI is InChI=1S/C25H40N2O4/c1-5-6-7-11-16-22(28)27-17-12-15-21(27)24(31-4)18(2)25(30)26-19(3)23(29)20-13-9-8-10-14-20/h8-10,13-14,18-19,21,23-24,29H,5-7,11-12,15-17H2,1-4H3,(H,26,30)/t18-,19?,21+,23-,24-/m1/s1. The van der Waals surface area contributed by atoms with Gasteiger partial charge in [0.05, 0.1) is 30.2 Å². The van der Waals surface area contributed by atoms with E-state index < -0.39 is 18.1 Å². The third kappa shape index (κ3) is 7.04. The first-order chi connectivity index (χ1) is 14.9. The number of benzene rings is 1. The summed E-state index contributed by atoms with van der Waals surface area (Å²) in [5, 5.41) is 13.5. The molecular formula is C25H40N2O4. The van der Waals surface area contributed by atoms with Crippen LogP contribution in [0.4, 0.5) is 0 Å². The molecule has 2 N–H and O–H groups in total. The van der Waals surface area contributed by atoms with Crippen LogP contribution in [0.25, 0.3) is 0 Å². The molecule has 1 saturated heterocycles. The molecule has 0 aromatic heterocycles. The van der Waals surface area contributed by atoms with Crippen molar-refractivity contribution in [2.24, 2.45) is 5.92 Å². The number of hydrogen-bond donors (Lipinski definition) is 2. The molecule has 0 spiro atoms. The van der Waals surface area contributed by atoms with E-state index in [0.717, 1.165) is 50.6 Å². The number of nitrogens with zero attached hydrogens (tertiary/aromatic N) is 1. The largest absolute Gasteiger partial charge is 0.386 e. The monoisotopic (exact) mass is 432 g/mol. The van der Waals surface area contributed by atoms with Crippen molar-refractivity contribution < 1.29 is 19.4 Å². The first-order valence-corrected chi connectivity index (χ1v) is 11.8. The molecule has 1 unspecified atom stereocenters. The molecule has 1 aromatic carbocycles. The Hall–Kier alpha value is -1.92. The molecule has 1 heterocycles. The Morgan fingerprint density at radius 3 is 2.55 bits per heavy atom. The van der Waals surface area contributed by atoms with Crippen molar-refractivity contribution in [3.63, 3.8) is 0 Å². The highest BCUT2D eigenvalue weighted by molar-refractivity contribution is 5.80. The molecule has 0 bridgehead atoms. The Morgan fingerprint density at radius 2 is 1.90 bits per heavy atom. The van der Waals surface area contributed by atoms with Gasteiger partial charge in [-0.05, 0) is 31.7 Å². The van der Waals surface area contributed by atoms with Crippen LogP contribution in [0.2, 0.25) is 0 Å². The van der Waals surface area contributed by atoms with Gasteiger partial charge in [0.25, 0.3) is 0 Å². The van der Waals surface area contributed by atoms with Gasteiger partial charge in [0.1, 0.15) is 0 Å². The molecule has 1 aliphatic heterocycles. The number of carbonyl (C=O) groups is 2. The summed E-state index contributed by atoms with van der Waals surface area (Å²) in [7, 11) is 1.61. The van der Waals surface area contributed by atoms with Gasteiger partial charge in [-0.3, -0.25) is 9.59 Å². The summed E-state index contributed by atoms with van der Waals surface area (Å²) in [5.74, 6) is -0.438. The molecule has 174 valence electrons. The van der Waals surface area contributed by atoms with Crippen molar-refractivity contribution in [3.8, 4) is 0 Å². The summed E-state index contributed by atoms with van der Waals surface area (Å²) in [6.45, 7) is 6.53. The highest BCUT2D eigenvalue weighted by Crippen LogP contribution is 2.28. The highest BCUT2D eigenvalue weighted by Gasteiger charge is 2.39. The number of carbonyl (C=O) groups excluding carboxylic acids is 2. The van der Waals surface area contributed by atoms with E-state index in [9.17, 15) is 14.7 Å². The molecule has 6 nitrogen and oxygen atoms in total. The van der Waals surface area contributed by atoms with Crippen molar-refractivity contribution in [2.45, 2.75) is 90.0 Å². The fraction of sp³-hybridized carbons (Fsp3) is 0.680. The lowest BCUT2D eigenvalue weighted by Crippen LogP contribution is -2.51. The Morgan fingerprint density at radius 1 is 1.19 bits per heavy atom. The minimum Gasteiger partial charge on any atom is -0.386 e. The zero-order chi connectivity index (χ0) is 22.8. The van der Waals surface area contributed by atoms with Crippen LogP contribution < -0.4 is 5.32 Å². The lowest BCUT2D eigenvalue weighted by molar-refractivity contribution is -0.140. The van der Waals surface area contributed by atoms with Crippen molar-refractivity contribution in [2.75, 3.05) is 13.7 Å². The number of amides is 2. The van der Waals surface area contributed by atoms with Gasteiger partial charge < -0.3 is 20.1 Å². The fourth-order valence-electron chi connectivity index (χ4n) is 4.51. The third-order valence-corrected chi connectivity index (χ3v) is 6.41. The summed E-state index contributed by atoms with van der Waals surface area (Å²) in [6, 6.07) is 8.79. The molecule has 6 heteroatoms. The second-order valence-electron chi connectivity index (χ2n) is 8.75. The van der Waals surface area contributed by atoms with Gasteiger partial charge >= 0.3 is 0 Å². The Labute approximate surface area is 187 Å². The van der Waals surface area contributed by atoms with E-state index in [1.54, 1.807) is 14.0 Å². The molecule has 1 aliphatic rings. The molecule has 5 atom stereocenters. The summed E-state index contributed by atoms with van der Waals surface area (Å²) >= 11 is 0. The molecule has 2 rings (SSSR count). The molecule has 2 amide bonds. The molecule has 1 aromatic rings. The SMILES string of the molecule is CCCCCCC(=O)N1CCC[C@H]1[C@H](OC)[C@@H](C)C(=O)NC(C)[C@@H](O)c1ccccc1. The third-order valence-electron chi connectivity index (χ3n) is 6.41. The van der Waals surface area contributed by atoms with Gasteiger partial charge in [0, 0.05) is 20.1 Å². The van der Waals surface area contributed by atoms with Crippen LogP contribution >= 0.6 is 0 Å². The normalized spacial score (nSPS) is 20.2. The van der Waals surface area contributed by atoms with Crippen LogP contribution in [0.5, 0.6) is 0 Å². The Balaban J connectivity index is 1.96. The van der Waals surface area contributed by atoms with Gasteiger partial charge in [-0.1, -0.05) is 63.4 Å². The minimum absolute atomic E-state index is 0.0845. The van der Waals surface area contributed by atoms with Crippen LogP contribution in [0, 0.1) is 5.92 Å². The van der Waals surface area contributed by atoms with E-state index in [1.165, 1.54) is 0 Å². The van der Waals surface area contributed by atoms with E-state index in [-0.39, 0.29) is 24.0 Å². The van der Waals surface area contributed by atoms with Gasteiger partial charge in [0.15, 0.2) is 0 Å². The molecule has 0 radical (unpaired) electrons. The number of unbranched alkanes of at least 4 members (excludes halogenated alkanes) is 3. The maximum Gasteiger partial charge on any atom is 0.225 e. The maximum atomic E-state index is 13.0. The summed E-state index contributed by atoms with van der Waals surface area (Å²) in [4.78, 5) is 27.7. The predicted molar refractivity (Wildman–Crippen MR) is 122 cm³/mol. The van der Waals surface area contributed by atoms with E-state index in [4.69, 9.17) is 4.74 Å². The van der Waals surface area contributed by atoms with Crippen LogP contribution in [0.15, 0.2) is 30.3 Å². The zero-order valence-corrected chi connectivity index (χ0v) is 19.5. The highest BCUT2D eigenvalue weighted by atomic mass is 16.5. The second-order valence-corrected chi connectivity index (χ2v) is 8.75. The molecular weight excluding hydrogens is 392 g/mol. The topological polar surface area (TPSA) is 78.9 Å². The average Bonchev–Trinajstić information content (AvgIpc) is 3.26. The number of hydrogen-bond acceptors (Lipinski definition) is 4.